The summed E-state index contributed by atoms with van der Waals surface area (Å²) < 4.78 is 24.8. The highest BCUT2D eigenvalue weighted by Gasteiger charge is 2.06. The SMILES string of the molecule is Cc1cc([C@H](N)CCF)ccc1F. The van der Waals surface area contributed by atoms with Crippen molar-refractivity contribution in [1.82, 2.24) is 0 Å². The number of hydrogen-bond donors (Lipinski definition) is 1. The molecule has 0 saturated carbocycles. The van der Waals surface area contributed by atoms with Crippen LogP contribution in [-0.2, 0) is 0 Å². The monoisotopic (exact) mass is 185 g/mol. The van der Waals surface area contributed by atoms with Crippen LogP contribution in [-0.4, -0.2) is 6.67 Å². The van der Waals surface area contributed by atoms with E-state index in [-0.39, 0.29) is 18.3 Å². The molecule has 0 bridgehead atoms. The third-order valence-corrected chi connectivity index (χ3v) is 2.03. The van der Waals surface area contributed by atoms with Gasteiger partial charge in [0.25, 0.3) is 0 Å². The predicted molar refractivity (Wildman–Crippen MR) is 48.7 cm³/mol. The lowest BCUT2D eigenvalue weighted by atomic mass is 10.0. The Balaban J connectivity index is 2.84. The molecular weight excluding hydrogens is 172 g/mol. The Hall–Kier alpha value is -0.960. The average molecular weight is 185 g/mol. The van der Waals surface area contributed by atoms with Crippen molar-refractivity contribution in [2.24, 2.45) is 5.73 Å². The minimum absolute atomic E-state index is 0.254. The first-order valence-corrected chi connectivity index (χ1v) is 4.22. The third kappa shape index (κ3) is 2.49. The van der Waals surface area contributed by atoms with Gasteiger partial charge in [0.2, 0.25) is 0 Å². The first-order valence-electron chi connectivity index (χ1n) is 4.22. The molecule has 1 atom stereocenters. The largest absolute Gasteiger partial charge is 0.324 e. The summed E-state index contributed by atoms with van der Waals surface area (Å²) in [6.07, 6.45) is 0.283. The van der Waals surface area contributed by atoms with E-state index in [1.807, 2.05) is 0 Å². The molecule has 0 spiro atoms. The molecule has 1 nitrogen and oxygen atoms in total. The molecule has 0 amide bonds. The highest BCUT2D eigenvalue weighted by atomic mass is 19.1. The topological polar surface area (TPSA) is 26.0 Å². The van der Waals surface area contributed by atoms with Crippen LogP contribution in [0.1, 0.15) is 23.6 Å². The van der Waals surface area contributed by atoms with Crippen LogP contribution >= 0.6 is 0 Å². The molecule has 0 heterocycles. The molecule has 72 valence electrons. The maximum absolute atomic E-state index is 12.8. The smallest absolute Gasteiger partial charge is 0.126 e. The fourth-order valence-corrected chi connectivity index (χ4v) is 1.18. The van der Waals surface area contributed by atoms with E-state index in [2.05, 4.69) is 0 Å². The van der Waals surface area contributed by atoms with Gasteiger partial charge in [-0.15, -0.1) is 0 Å². The van der Waals surface area contributed by atoms with E-state index in [4.69, 9.17) is 5.73 Å². The molecule has 0 aliphatic carbocycles. The van der Waals surface area contributed by atoms with Crippen LogP contribution in [0.5, 0.6) is 0 Å². The van der Waals surface area contributed by atoms with Gasteiger partial charge >= 0.3 is 0 Å². The number of rotatable bonds is 3. The van der Waals surface area contributed by atoms with E-state index in [0.717, 1.165) is 5.56 Å². The molecule has 0 fully saturated rings. The zero-order valence-electron chi connectivity index (χ0n) is 7.56. The molecule has 0 aliphatic rings. The van der Waals surface area contributed by atoms with Gasteiger partial charge in [-0.2, -0.15) is 0 Å². The quantitative estimate of drug-likeness (QED) is 0.769. The van der Waals surface area contributed by atoms with Crippen LogP contribution in [0, 0.1) is 12.7 Å². The van der Waals surface area contributed by atoms with E-state index >= 15 is 0 Å². The van der Waals surface area contributed by atoms with Crippen molar-refractivity contribution < 1.29 is 8.78 Å². The van der Waals surface area contributed by atoms with Gasteiger partial charge in [0, 0.05) is 6.04 Å². The minimum atomic E-state index is -0.447. The van der Waals surface area contributed by atoms with Gasteiger partial charge < -0.3 is 5.73 Å². The van der Waals surface area contributed by atoms with Gasteiger partial charge in [-0.05, 0) is 30.5 Å². The van der Waals surface area contributed by atoms with E-state index < -0.39 is 6.67 Å². The third-order valence-electron chi connectivity index (χ3n) is 2.03. The summed E-state index contributed by atoms with van der Waals surface area (Å²) in [6.45, 7) is 1.22. The molecule has 2 N–H and O–H groups in total. The van der Waals surface area contributed by atoms with Crippen molar-refractivity contribution in [1.29, 1.82) is 0 Å². The highest BCUT2D eigenvalue weighted by Crippen LogP contribution is 2.17. The number of aryl methyl sites for hydroxylation is 1. The summed E-state index contributed by atoms with van der Waals surface area (Å²) >= 11 is 0. The molecule has 0 aliphatic heterocycles. The van der Waals surface area contributed by atoms with Gasteiger partial charge in [0.05, 0.1) is 6.67 Å². The molecule has 0 radical (unpaired) electrons. The standard InChI is InChI=1S/C10H13F2N/c1-7-6-8(2-3-9(7)12)10(13)4-5-11/h2-3,6,10H,4-5,13H2,1H3/t10-/m1/s1. The van der Waals surface area contributed by atoms with Crippen molar-refractivity contribution in [3.05, 3.63) is 35.1 Å². The van der Waals surface area contributed by atoms with Gasteiger partial charge in [0.15, 0.2) is 0 Å². The van der Waals surface area contributed by atoms with Crippen molar-refractivity contribution in [3.8, 4) is 0 Å². The number of hydrogen-bond acceptors (Lipinski definition) is 1. The van der Waals surface area contributed by atoms with Gasteiger partial charge in [-0.3, -0.25) is 4.39 Å². The van der Waals surface area contributed by atoms with Crippen LogP contribution in [0.15, 0.2) is 18.2 Å². The first kappa shape index (κ1) is 10.1. The normalized spacial score (nSPS) is 12.9. The number of alkyl halides is 1. The van der Waals surface area contributed by atoms with Crippen LogP contribution in [0.3, 0.4) is 0 Å². The van der Waals surface area contributed by atoms with E-state index in [0.29, 0.717) is 5.56 Å². The molecule has 1 aromatic carbocycles. The summed E-state index contributed by atoms with van der Waals surface area (Å²) in [5.41, 5.74) is 7.00. The summed E-state index contributed by atoms with van der Waals surface area (Å²) in [7, 11) is 0. The number of nitrogens with two attached hydrogens (primary N) is 1. The Morgan fingerprint density at radius 1 is 1.46 bits per heavy atom. The summed E-state index contributed by atoms with van der Waals surface area (Å²) in [6, 6.07) is 4.30. The molecule has 1 aromatic rings. The maximum atomic E-state index is 12.8. The number of halogens is 2. The average Bonchev–Trinajstić information content (AvgIpc) is 2.10. The Labute approximate surface area is 76.6 Å². The second-order valence-corrected chi connectivity index (χ2v) is 3.09. The first-order chi connectivity index (χ1) is 6.15. The number of benzene rings is 1. The molecule has 0 unspecified atom stereocenters. The van der Waals surface area contributed by atoms with Crippen LogP contribution in [0.25, 0.3) is 0 Å². The molecule has 0 saturated heterocycles. The lowest BCUT2D eigenvalue weighted by molar-refractivity contribution is 0.441. The van der Waals surface area contributed by atoms with E-state index in [1.165, 1.54) is 6.07 Å². The highest BCUT2D eigenvalue weighted by molar-refractivity contribution is 5.26. The van der Waals surface area contributed by atoms with Gasteiger partial charge in [-0.1, -0.05) is 12.1 Å². The zero-order chi connectivity index (χ0) is 9.84. The zero-order valence-corrected chi connectivity index (χ0v) is 7.56. The Morgan fingerprint density at radius 3 is 2.69 bits per heavy atom. The molecule has 13 heavy (non-hydrogen) atoms. The van der Waals surface area contributed by atoms with Crippen LogP contribution in [0.4, 0.5) is 8.78 Å². The Kier molecular flexibility index (Phi) is 3.37. The second-order valence-electron chi connectivity index (χ2n) is 3.09. The predicted octanol–water partition coefficient (Wildman–Crippen LogP) is 2.49. The second kappa shape index (κ2) is 4.33. The molecular formula is C10H13F2N. The van der Waals surface area contributed by atoms with E-state index in [1.54, 1.807) is 19.1 Å². The van der Waals surface area contributed by atoms with Crippen molar-refractivity contribution >= 4 is 0 Å². The van der Waals surface area contributed by atoms with Crippen molar-refractivity contribution in [3.63, 3.8) is 0 Å². The van der Waals surface area contributed by atoms with E-state index in [9.17, 15) is 8.78 Å². The lowest BCUT2D eigenvalue weighted by Gasteiger charge is -2.10. The fraction of sp³-hybridized carbons (Fsp3) is 0.400. The fourth-order valence-electron chi connectivity index (χ4n) is 1.18. The summed E-state index contributed by atoms with van der Waals surface area (Å²) in [4.78, 5) is 0. The Morgan fingerprint density at radius 2 is 2.15 bits per heavy atom. The minimum Gasteiger partial charge on any atom is -0.324 e. The lowest BCUT2D eigenvalue weighted by Crippen LogP contribution is -2.11. The molecule has 0 aromatic heterocycles. The Bertz CT molecular complexity index is 286. The van der Waals surface area contributed by atoms with Crippen molar-refractivity contribution in [2.75, 3.05) is 6.67 Å². The van der Waals surface area contributed by atoms with Gasteiger partial charge in [0.1, 0.15) is 5.82 Å². The molecule has 1 rings (SSSR count). The van der Waals surface area contributed by atoms with Crippen molar-refractivity contribution in [2.45, 2.75) is 19.4 Å². The maximum Gasteiger partial charge on any atom is 0.126 e. The summed E-state index contributed by atoms with van der Waals surface area (Å²) in [5, 5.41) is 0. The van der Waals surface area contributed by atoms with Gasteiger partial charge in [-0.25, -0.2) is 4.39 Å². The van der Waals surface area contributed by atoms with Crippen LogP contribution < -0.4 is 5.73 Å². The van der Waals surface area contributed by atoms with Crippen LogP contribution in [0.2, 0.25) is 0 Å². The summed E-state index contributed by atoms with van der Waals surface area (Å²) in [5.74, 6) is -0.254. The molecule has 3 heteroatoms.